The zero-order valence-corrected chi connectivity index (χ0v) is 9.23. The van der Waals surface area contributed by atoms with Crippen molar-refractivity contribution in [3.63, 3.8) is 0 Å². The maximum absolute atomic E-state index is 11.1. The van der Waals surface area contributed by atoms with Crippen LogP contribution in [0.1, 0.15) is 31.2 Å². The zero-order valence-electron chi connectivity index (χ0n) is 9.23. The van der Waals surface area contributed by atoms with E-state index in [1.807, 2.05) is 30.3 Å². The molecule has 0 radical (unpaired) electrons. The van der Waals surface area contributed by atoms with E-state index in [2.05, 4.69) is 0 Å². The Morgan fingerprint density at radius 3 is 2.31 bits per heavy atom. The second kappa shape index (κ2) is 4.26. The summed E-state index contributed by atoms with van der Waals surface area (Å²) in [4.78, 5) is 11.1. The van der Waals surface area contributed by atoms with Gasteiger partial charge in [0.25, 0.3) is 0 Å². The monoisotopic (exact) mass is 219 g/mol. The minimum atomic E-state index is -0.897. The Hall–Kier alpha value is -1.35. The maximum Gasteiger partial charge on any atom is 0.321 e. The standard InChI is InChI=1S/C13H17NO2/c14-11(12(15)16)13(8-4-5-9-13)10-6-2-1-3-7-10/h1-3,6-7,11H,4-5,8-9,14H2,(H,15,16). The molecule has 0 aromatic heterocycles. The molecule has 0 saturated heterocycles. The average Bonchev–Trinajstić information content (AvgIpc) is 2.79. The number of hydrogen-bond acceptors (Lipinski definition) is 2. The van der Waals surface area contributed by atoms with Crippen LogP contribution >= 0.6 is 0 Å². The average molecular weight is 219 g/mol. The largest absolute Gasteiger partial charge is 0.480 e. The van der Waals surface area contributed by atoms with E-state index in [0.717, 1.165) is 31.2 Å². The molecule has 0 spiro atoms. The first-order chi connectivity index (χ1) is 7.67. The van der Waals surface area contributed by atoms with E-state index in [0.29, 0.717) is 0 Å². The highest BCUT2D eigenvalue weighted by molar-refractivity contribution is 5.76. The van der Waals surface area contributed by atoms with Crippen molar-refractivity contribution in [1.29, 1.82) is 0 Å². The summed E-state index contributed by atoms with van der Waals surface area (Å²) in [6.07, 6.45) is 3.89. The van der Waals surface area contributed by atoms with Gasteiger partial charge in [-0.25, -0.2) is 0 Å². The molecule has 1 aliphatic carbocycles. The lowest BCUT2D eigenvalue weighted by molar-refractivity contribution is -0.140. The van der Waals surface area contributed by atoms with Crippen LogP contribution in [0.25, 0.3) is 0 Å². The molecule has 0 aliphatic heterocycles. The fraction of sp³-hybridized carbons (Fsp3) is 0.462. The van der Waals surface area contributed by atoms with Crippen molar-refractivity contribution in [2.75, 3.05) is 0 Å². The van der Waals surface area contributed by atoms with Crippen molar-refractivity contribution in [3.8, 4) is 0 Å². The SMILES string of the molecule is NC(C(=O)O)C1(c2ccccc2)CCCC1. The summed E-state index contributed by atoms with van der Waals surface area (Å²) in [5, 5.41) is 9.14. The molecule has 1 aliphatic rings. The quantitative estimate of drug-likeness (QED) is 0.816. The molecule has 3 N–H and O–H groups in total. The Balaban J connectivity index is 2.40. The normalized spacial score (nSPS) is 20.6. The van der Waals surface area contributed by atoms with E-state index in [9.17, 15) is 4.79 Å². The van der Waals surface area contributed by atoms with Gasteiger partial charge >= 0.3 is 5.97 Å². The van der Waals surface area contributed by atoms with Crippen LogP contribution in [-0.2, 0) is 10.2 Å². The number of carboxylic acids is 1. The Morgan fingerprint density at radius 2 is 1.81 bits per heavy atom. The highest BCUT2D eigenvalue weighted by atomic mass is 16.4. The van der Waals surface area contributed by atoms with Crippen LogP contribution < -0.4 is 5.73 Å². The van der Waals surface area contributed by atoms with Crippen LogP contribution in [0.2, 0.25) is 0 Å². The van der Waals surface area contributed by atoms with Crippen molar-refractivity contribution in [1.82, 2.24) is 0 Å². The van der Waals surface area contributed by atoms with Gasteiger partial charge in [0.05, 0.1) is 0 Å². The molecule has 0 amide bonds. The Bertz CT molecular complexity index is 369. The van der Waals surface area contributed by atoms with Crippen molar-refractivity contribution < 1.29 is 9.90 Å². The van der Waals surface area contributed by atoms with Gasteiger partial charge in [-0.15, -0.1) is 0 Å². The third-order valence-corrected chi connectivity index (χ3v) is 3.71. The number of nitrogens with two attached hydrogens (primary N) is 1. The molecule has 86 valence electrons. The minimum absolute atomic E-state index is 0.354. The van der Waals surface area contributed by atoms with E-state index < -0.39 is 12.0 Å². The van der Waals surface area contributed by atoms with Gasteiger partial charge in [-0.2, -0.15) is 0 Å². The minimum Gasteiger partial charge on any atom is -0.480 e. The predicted molar refractivity (Wildman–Crippen MR) is 62.2 cm³/mol. The smallest absolute Gasteiger partial charge is 0.321 e. The molecule has 2 rings (SSSR count). The van der Waals surface area contributed by atoms with Crippen LogP contribution in [-0.4, -0.2) is 17.1 Å². The third kappa shape index (κ3) is 1.71. The van der Waals surface area contributed by atoms with Crippen LogP contribution in [0.15, 0.2) is 30.3 Å². The van der Waals surface area contributed by atoms with Gasteiger partial charge in [-0.1, -0.05) is 43.2 Å². The van der Waals surface area contributed by atoms with Crippen LogP contribution in [0.5, 0.6) is 0 Å². The molecule has 3 heteroatoms. The molecule has 1 fully saturated rings. The van der Waals surface area contributed by atoms with E-state index >= 15 is 0 Å². The molecular weight excluding hydrogens is 202 g/mol. The summed E-state index contributed by atoms with van der Waals surface area (Å²) in [7, 11) is 0. The fourth-order valence-corrected chi connectivity index (χ4v) is 2.79. The first kappa shape index (κ1) is 11.1. The van der Waals surface area contributed by atoms with Crippen molar-refractivity contribution in [2.24, 2.45) is 5.73 Å². The number of carbonyl (C=O) groups is 1. The molecule has 0 bridgehead atoms. The van der Waals surface area contributed by atoms with Crippen LogP contribution in [0.3, 0.4) is 0 Å². The zero-order chi connectivity index (χ0) is 11.6. The van der Waals surface area contributed by atoms with E-state index in [-0.39, 0.29) is 5.41 Å². The molecule has 1 atom stereocenters. The van der Waals surface area contributed by atoms with Crippen molar-refractivity contribution >= 4 is 5.97 Å². The molecule has 3 nitrogen and oxygen atoms in total. The lowest BCUT2D eigenvalue weighted by Gasteiger charge is -2.33. The molecular formula is C13H17NO2. The molecule has 0 heterocycles. The first-order valence-electron chi connectivity index (χ1n) is 5.71. The molecule has 1 aromatic carbocycles. The number of aliphatic carboxylic acids is 1. The molecule has 16 heavy (non-hydrogen) atoms. The maximum atomic E-state index is 11.1. The van der Waals surface area contributed by atoms with Gasteiger partial charge in [0.1, 0.15) is 6.04 Å². The van der Waals surface area contributed by atoms with Crippen LogP contribution in [0.4, 0.5) is 0 Å². The van der Waals surface area contributed by atoms with E-state index in [1.54, 1.807) is 0 Å². The van der Waals surface area contributed by atoms with Gasteiger partial charge in [-0.05, 0) is 18.4 Å². The number of benzene rings is 1. The fourth-order valence-electron chi connectivity index (χ4n) is 2.79. The molecule has 1 saturated carbocycles. The van der Waals surface area contributed by atoms with Gasteiger partial charge in [0.2, 0.25) is 0 Å². The highest BCUT2D eigenvalue weighted by Gasteiger charge is 2.44. The summed E-state index contributed by atoms with van der Waals surface area (Å²) >= 11 is 0. The highest BCUT2D eigenvalue weighted by Crippen LogP contribution is 2.43. The van der Waals surface area contributed by atoms with Crippen LogP contribution in [0, 0.1) is 0 Å². The second-order valence-corrected chi connectivity index (χ2v) is 4.55. The lowest BCUT2D eigenvalue weighted by Crippen LogP contribution is -2.49. The first-order valence-corrected chi connectivity index (χ1v) is 5.71. The Morgan fingerprint density at radius 1 is 1.25 bits per heavy atom. The third-order valence-electron chi connectivity index (χ3n) is 3.71. The van der Waals surface area contributed by atoms with Gasteiger partial charge in [0.15, 0.2) is 0 Å². The molecule has 1 unspecified atom stereocenters. The summed E-state index contributed by atoms with van der Waals surface area (Å²) < 4.78 is 0. The van der Waals surface area contributed by atoms with Gasteiger partial charge in [0, 0.05) is 5.41 Å². The summed E-state index contributed by atoms with van der Waals surface area (Å²) in [6.45, 7) is 0. The van der Waals surface area contributed by atoms with Gasteiger partial charge in [-0.3, -0.25) is 4.79 Å². The number of rotatable bonds is 3. The topological polar surface area (TPSA) is 63.3 Å². The van der Waals surface area contributed by atoms with Crippen molar-refractivity contribution in [2.45, 2.75) is 37.1 Å². The number of carboxylic acid groups (broad SMARTS) is 1. The predicted octanol–water partition coefficient (Wildman–Crippen LogP) is 1.91. The summed E-state index contributed by atoms with van der Waals surface area (Å²) in [5.74, 6) is -0.897. The van der Waals surface area contributed by atoms with E-state index in [4.69, 9.17) is 10.8 Å². The number of hydrogen-bond donors (Lipinski definition) is 2. The summed E-state index contributed by atoms with van der Waals surface area (Å²) in [5.41, 5.74) is 6.61. The molecule has 1 aromatic rings. The lowest BCUT2D eigenvalue weighted by atomic mass is 9.73. The Kier molecular flexibility index (Phi) is 2.97. The summed E-state index contributed by atoms with van der Waals surface area (Å²) in [6, 6.07) is 9.03. The van der Waals surface area contributed by atoms with E-state index in [1.165, 1.54) is 0 Å². The van der Waals surface area contributed by atoms with Gasteiger partial charge < -0.3 is 10.8 Å². The van der Waals surface area contributed by atoms with Crippen molar-refractivity contribution in [3.05, 3.63) is 35.9 Å². The second-order valence-electron chi connectivity index (χ2n) is 4.55. The Labute approximate surface area is 95.3 Å².